The fourth-order valence-electron chi connectivity index (χ4n) is 4.44. The largest absolute Gasteiger partial charge is 0.450 e. The number of hydrogen-bond acceptors (Lipinski definition) is 4. The zero-order chi connectivity index (χ0) is 19.5. The number of carbonyl (C=O) groups excluding carboxylic acids is 1. The molecule has 2 aromatic carbocycles. The van der Waals surface area contributed by atoms with Gasteiger partial charge in [0.1, 0.15) is 0 Å². The van der Waals surface area contributed by atoms with Gasteiger partial charge in [-0.2, -0.15) is 0 Å². The predicted molar refractivity (Wildman–Crippen MR) is 112 cm³/mol. The lowest BCUT2D eigenvalue weighted by Crippen LogP contribution is -2.39. The van der Waals surface area contributed by atoms with Crippen molar-refractivity contribution in [1.82, 2.24) is 10.2 Å². The van der Waals surface area contributed by atoms with Crippen molar-refractivity contribution in [1.29, 1.82) is 0 Å². The molecule has 0 spiro atoms. The van der Waals surface area contributed by atoms with E-state index in [2.05, 4.69) is 29.6 Å². The zero-order valence-electron chi connectivity index (χ0n) is 16.2. The number of benzene rings is 2. The number of likely N-dealkylation sites (tertiary alicyclic amines) is 1. The highest BCUT2D eigenvalue weighted by molar-refractivity contribution is 6.46. The normalized spacial score (nSPS) is 17.3. The Labute approximate surface area is 167 Å². The molecule has 6 heteroatoms. The van der Waals surface area contributed by atoms with Gasteiger partial charge in [-0.15, -0.1) is 0 Å². The number of nitrogens with zero attached hydrogens (tertiary/aromatic N) is 1. The van der Waals surface area contributed by atoms with Crippen LogP contribution in [0, 0.1) is 0 Å². The third kappa shape index (κ3) is 3.85. The van der Waals surface area contributed by atoms with E-state index in [0.717, 1.165) is 69.5 Å². The predicted octanol–water partition coefficient (Wildman–Crippen LogP) is 1.05. The molecule has 1 fully saturated rings. The highest BCUT2D eigenvalue weighted by Crippen LogP contribution is 2.29. The second kappa shape index (κ2) is 8.47. The molecule has 2 heterocycles. The fraction of sp³-hybridized carbons (Fsp3) is 0.409. The highest BCUT2D eigenvalue weighted by atomic mass is 16.2. The molecule has 28 heavy (non-hydrogen) atoms. The average molecular weight is 376 g/mol. The van der Waals surface area contributed by atoms with Gasteiger partial charge in [-0.25, -0.2) is 0 Å². The Morgan fingerprint density at radius 1 is 1.25 bits per heavy atom. The number of piperidine rings is 1. The summed E-state index contributed by atoms with van der Waals surface area (Å²) in [5.74, 6) is 0.546. The van der Waals surface area contributed by atoms with Gasteiger partial charge in [0.05, 0.1) is 0 Å². The summed E-state index contributed by atoms with van der Waals surface area (Å²) in [4.78, 5) is 15.0. The second-order valence-electron chi connectivity index (χ2n) is 7.77. The maximum absolute atomic E-state index is 13.1. The number of carbonyl (C=O) groups is 1. The summed E-state index contributed by atoms with van der Waals surface area (Å²) in [5, 5.41) is 12.9. The van der Waals surface area contributed by atoms with E-state index in [0.29, 0.717) is 18.0 Å². The molecule has 5 nitrogen and oxygen atoms in total. The lowest BCUT2D eigenvalue weighted by Gasteiger charge is -2.33. The number of hydrogen-bond donors (Lipinski definition) is 3. The van der Waals surface area contributed by atoms with Crippen molar-refractivity contribution in [3.8, 4) is 0 Å². The molecule has 4 rings (SSSR count). The van der Waals surface area contributed by atoms with E-state index in [-0.39, 0.29) is 5.91 Å². The first kappa shape index (κ1) is 19.2. The maximum atomic E-state index is 13.1. The molecule has 1 radical (unpaired) electrons. The van der Waals surface area contributed by atoms with Crippen molar-refractivity contribution in [3.05, 3.63) is 64.2 Å². The number of fused-ring (bicyclic) bond motifs is 1. The van der Waals surface area contributed by atoms with Crippen molar-refractivity contribution in [3.63, 3.8) is 0 Å². The van der Waals surface area contributed by atoms with Gasteiger partial charge in [0.15, 0.2) is 0 Å². The Kier molecular flexibility index (Phi) is 5.81. The van der Waals surface area contributed by atoms with Crippen LogP contribution >= 0.6 is 0 Å². The summed E-state index contributed by atoms with van der Waals surface area (Å²) in [6, 6.07) is 12.3. The fourth-order valence-corrected chi connectivity index (χ4v) is 4.44. The van der Waals surface area contributed by atoms with Crippen molar-refractivity contribution < 1.29 is 9.82 Å². The van der Waals surface area contributed by atoms with Crippen LogP contribution in [0.5, 0.6) is 0 Å². The number of amides is 1. The van der Waals surface area contributed by atoms with Crippen LogP contribution in [0.3, 0.4) is 0 Å². The SMILES string of the molecule is NCc1cccc(C2CCN(C(=O)c3cc([B]O)c4c(c3)CCNC4)CC2)c1. The quantitative estimate of drug-likeness (QED) is 0.697. The van der Waals surface area contributed by atoms with Crippen LogP contribution in [0.25, 0.3) is 0 Å². The van der Waals surface area contributed by atoms with Crippen molar-refractivity contribution in [2.75, 3.05) is 19.6 Å². The van der Waals surface area contributed by atoms with Crippen LogP contribution in [0.2, 0.25) is 0 Å². The third-order valence-electron chi connectivity index (χ3n) is 6.08. The van der Waals surface area contributed by atoms with Crippen LogP contribution in [0.4, 0.5) is 0 Å². The second-order valence-corrected chi connectivity index (χ2v) is 7.77. The lowest BCUT2D eigenvalue weighted by molar-refractivity contribution is 0.0713. The number of nitrogens with two attached hydrogens (primary N) is 1. The average Bonchev–Trinajstić information content (AvgIpc) is 2.78. The van der Waals surface area contributed by atoms with E-state index >= 15 is 0 Å². The van der Waals surface area contributed by atoms with E-state index in [9.17, 15) is 9.82 Å². The first-order valence-corrected chi connectivity index (χ1v) is 10.1. The molecule has 0 atom stereocenters. The Bertz CT molecular complexity index is 846. The molecule has 0 aromatic heterocycles. The summed E-state index contributed by atoms with van der Waals surface area (Å²) in [6.45, 7) is 3.72. The van der Waals surface area contributed by atoms with Gasteiger partial charge in [-0.3, -0.25) is 4.79 Å². The Hall–Kier alpha value is -2.15. The molecular weight excluding hydrogens is 349 g/mol. The monoisotopic (exact) mass is 376 g/mol. The van der Waals surface area contributed by atoms with Gasteiger partial charge in [-0.1, -0.05) is 30.3 Å². The molecule has 0 saturated carbocycles. The van der Waals surface area contributed by atoms with Crippen LogP contribution < -0.4 is 16.5 Å². The van der Waals surface area contributed by atoms with E-state index in [1.54, 1.807) is 0 Å². The van der Waals surface area contributed by atoms with Gasteiger partial charge >= 0.3 is 7.48 Å². The van der Waals surface area contributed by atoms with E-state index in [1.807, 2.05) is 17.0 Å². The first-order chi connectivity index (χ1) is 13.7. The van der Waals surface area contributed by atoms with E-state index < -0.39 is 0 Å². The third-order valence-corrected chi connectivity index (χ3v) is 6.08. The van der Waals surface area contributed by atoms with Crippen molar-refractivity contribution in [2.45, 2.75) is 38.3 Å². The molecule has 0 aliphatic carbocycles. The van der Waals surface area contributed by atoms with Gasteiger partial charge in [0.2, 0.25) is 0 Å². The number of nitrogens with one attached hydrogen (secondary N) is 1. The van der Waals surface area contributed by atoms with E-state index in [4.69, 9.17) is 5.73 Å². The molecular formula is C22H27BN3O2. The maximum Gasteiger partial charge on any atom is 0.327 e. The highest BCUT2D eigenvalue weighted by Gasteiger charge is 2.26. The summed E-state index contributed by atoms with van der Waals surface area (Å²) in [6.07, 6.45) is 2.82. The molecule has 2 aliphatic rings. The Morgan fingerprint density at radius 3 is 2.82 bits per heavy atom. The molecule has 4 N–H and O–H groups in total. The molecule has 1 amide bonds. The standard InChI is InChI=1S/C22H27BN3O2/c24-13-15-2-1-3-17(10-15)16-5-8-26(9-6-16)22(27)19-11-18-4-7-25-14-20(18)21(12-19)23-28/h1-3,10-12,16,25,28H,4-9,13-14,24H2. The van der Waals surface area contributed by atoms with Crippen LogP contribution in [-0.2, 0) is 19.5 Å². The van der Waals surface area contributed by atoms with Crippen LogP contribution in [0.15, 0.2) is 36.4 Å². The minimum absolute atomic E-state index is 0.0681. The van der Waals surface area contributed by atoms with E-state index in [1.165, 1.54) is 11.1 Å². The lowest BCUT2D eigenvalue weighted by atomic mass is 9.79. The molecule has 0 bridgehead atoms. The molecule has 145 valence electrons. The van der Waals surface area contributed by atoms with Gasteiger partial charge in [0, 0.05) is 31.7 Å². The molecule has 2 aromatic rings. The molecule has 0 unspecified atom stereocenters. The summed E-state index contributed by atoms with van der Waals surface area (Å²) in [7, 11) is 1.12. The summed E-state index contributed by atoms with van der Waals surface area (Å²) < 4.78 is 0. The molecule has 2 aliphatic heterocycles. The zero-order valence-corrected chi connectivity index (χ0v) is 16.2. The Morgan fingerprint density at radius 2 is 2.07 bits per heavy atom. The van der Waals surface area contributed by atoms with Crippen molar-refractivity contribution in [2.24, 2.45) is 5.73 Å². The van der Waals surface area contributed by atoms with Crippen LogP contribution in [-0.4, -0.2) is 42.9 Å². The first-order valence-electron chi connectivity index (χ1n) is 10.1. The number of rotatable bonds is 4. The summed E-state index contributed by atoms with van der Waals surface area (Å²) >= 11 is 0. The molecule has 1 saturated heterocycles. The smallest absolute Gasteiger partial charge is 0.327 e. The minimum Gasteiger partial charge on any atom is -0.450 e. The van der Waals surface area contributed by atoms with Gasteiger partial charge in [0.25, 0.3) is 5.91 Å². The van der Waals surface area contributed by atoms with Gasteiger partial charge in [-0.05, 0) is 65.5 Å². The Balaban J connectivity index is 1.47. The minimum atomic E-state index is 0.0681. The van der Waals surface area contributed by atoms with Crippen LogP contribution in [0.1, 0.15) is 51.4 Å². The van der Waals surface area contributed by atoms with Gasteiger partial charge < -0.3 is 21.0 Å². The summed E-state index contributed by atoms with van der Waals surface area (Å²) in [5.41, 5.74) is 12.0. The van der Waals surface area contributed by atoms with Crippen molar-refractivity contribution >= 4 is 18.9 Å². The topological polar surface area (TPSA) is 78.6 Å².